The van der Waals surface area contributed by atoms with E-state index in [1.165, 1.54) is 0 Å². The van der Waals surface area contributed by atoms with E-state index >= 15 is 0 Å². The minimum Gasteiger partial charge on any atom is -0.326 e. The number of hydrogen-bond donors (Lipinski definition) is 2. The Bertz CT molecular complexity index is 358. The van der Waals surface area contributed by atoms with Crippen molar-refractivity contribution in [2.45, 2.75) is 26.8 Å². The minimum absolute atomic E-state index is 0.0578. The van der Waals surface area contributed by atoms with Crippen LogP contribution in [0.2, 0.25) is 0 Å². The molecule has 3 N–H and O–H groups in total. The first kappa shape index (κ1) is 14.7. The van der Waals surface area contributed by atoms with Gasteiger partial charge in [-0.1, -0.05) is 26.0 Å². The molecule has 4 nitrogen and oxygen atoms in total. The predicted molar refractivity (Wildman–Crippen MR) is 75.4 cm³/mol. The van der Waals surface area contributed by atoms with Crippen LogP contribution < -0.4 is 11.1 Å². The van der Waals surface area contributed by atoms with E-state index in [0.29, 0.717) is 13.0 Å². The van der Waals surface area contributed by atoms with Crippen LogP contribution in [0, 0.1) is 0 Å². The molecule has 0 aliphatic rings. The summed E-state index contributed by atoms with van der Waals surface area (Å²) >= 11 is 0. The zero-order chi connectivity index (χ0) is 13.4. The molecule has 0 heterocycles. The molecule has 100 valence electrons. The van der Waals surface area contributed by atoms with Gasteiger partial charge in [0.1, 0.15) is 0 Å². The Morgan fingerprint density at radius 1 is 1.22 bits per heavy atom. The summed E-state index contributed by atoms with van der Waals surface area (Å²) < 4.78 is 0. The van der Waals surface area contributed by atoms with Crippen LogP contribution in [-0.2, 0) is 11.3 Å². The molecule has 0 radical (unpaired) electrons. The Balaban J connectivity index is 2.39. The number of anilines is 1. The molecule has 1 rings (SSSR count). The van der Waals surface area contributed by atoms with E-state index in [0.717, 1.165) is 30.9 Å². The highest BCUT2D eigenvalue weighted by atomic mass is 16.1. The smallest absolute Gasteiger partial charge is 0.225 e. The topological polar surface area (TPSA) is 58.4 Å². The third kappa shape index (κ3) is 4.85. The standard InChI is InChI=1S/C14H23N3O/c1-3-17(4-2)10-9-14(18)16-13-7-5-12(11-15)6-8-13/h5-8H,3-4,9-11,15H2,1-2H3,(H,16,18). The lowest BCUT2D eigenvalue weighted by Gasteiger charge is -2.17. The number of carbonyl (C=O) groups is 1. The molecule has 1 amide bonds. The summed E-state index contributed by atoms with van der Waals surface area (Å²) in [5.74, 6) is 0.0578. The van der Waals surface area contributed by atoms with E-state index in [2.05, 4.69) is 24.1 Å². The number of nitrogens with one attached hydrogen (secondary N) is 1. The average Bonchev–Trinajstić information content (AvgIpc) is 2.41. The van der Waals surface area contributed by atoms with E-state index in [1.54, 1.807) is 0 Å². The van der Waals surface area contributed by atoms with Gasteiger partial charge in [-0.25, -0.2) is 0 Å². The highest BCUT2D eigenvalue weighted by Crippen LogP contribution is 2.09. The van der Waals surface area contributed by atoms with Crippen molar-refractivity contribution in [2.75, 3.05) is 25.0 Å². The molecule has 0 aromatic heterocycles. The van der Waals surface area contributed by atoms with Crippen molar-refractivity contribution in [3.05, 3.63) is 29.8 Å². The van der Waals surface area contributed by atoms with Gasteiger partial charge in [0.15, 0.2) is 0 Å². The van der Waals surface area contributed by atoms with Gasteiger partial charge in [-0.15, -0.1) is 0 Å². The lowest BCUT2D eigenvalue weighted by atomic mass is 10.2. The molecular formula is C14H23N3O. The molecule has 1 aromatic carbocycles. The van der Waals surface area contributed by atoms with E-state index < -0.39 is 0 Å². The molecular weight excluding hydrogens is 226 g/mol. The van der Waals surface area contributed by atoms with Crippen molar-refractivity contribution in [1.82, 2.24) is 4.90 Å². The fraction of sp³-hybridized carbons (Fsp3) is 0.500. The van der Waals surface area contributed by atoms with E-state index in [1.807, 2.05) is 24.3 Å². The van der Waals surface area contributed by atoms with Gasteiger partial charge in [0.25, 0.3) is 0 Å². The Labute approximate surface area is 109 Å². The Morgan fingerprint density at radius 2 is 1.83 bits per heavy atom. The lowest BCUT2D eigenvalue weighted by Crippen LogP contribution is -2.27. The van der Waals surface area contributed by atoms with Crippen LogP contribution in [0.1, 0.15) is 25.8 Å². The zero-order valence-corrected chi connectivity index (χ0v) is 11.3. The number of benzene rings is 1. The molecule has 0 unspecified atom stereocenters. The SMILES string of the molecule is CCN(CC)CCC(=O)Nc1ccc(CN)cc1. The van der Waals surface area contributed by atoms with Crippen molar-refractivity contribution < 1.29 is 4.79 Å². The van der Waals surface area contributed by atoms with Crippen LogP contribution in [0.5, 0.6) is 0 Å². The van der Waals surface area contributed by atoms with Gasteiger partial charge in [0.05, 0.1) is 0 Å². The van der Waals surface area contributed by atoms with Crippen LogP contribution in [0.4, 0.5) is 5.69 Å². The molecule has 0 atom stereocenters. The second-order valence-corrected chi connectivity index (χ2v) is 4.23. The Morgan fingerprint density at radius 3 is 2.33 bits per heavy atom. The maximum Gasteiger partial charge on any atom is 0.225 e. The summed E-state index contributed by atoms with van der Waals surface area (Å²) in [4.78, 5) is 14.0. The fourth-order valence-corrected chi connectivity index (χ4v) is 1.75. The fourth-order valence-electron chi connectivity index (χ4n) is 1.75. The van der Waals surface area contributed by atoms with Gasteiger partial charge >= 0.3 is 0 Å². The second kappa shape index (κ2) is 7.84. The first-order valence-corrected chi connectivity index (χ1v) is 6.50. The molecule has 0 saturated heterocycles. The predicted octanol–water partition coefficient (Wildman–Crippen LogP) is 1.82. The third-order valence-corrected chi connectivity index (χ3v) is 3.02. The van der Waals surface area contributed by atoms with Crippen molar-refractivity contribution in [2.24, 2.45) is 5.73 Å². The summed E-state index contributed by atoms with van der Waals surface area (Å²) in [5, 5.41) is 2.89. The van der Waals surface area contributed by atoms with Crippen LogP contribution in [0.3, 0.4) is 0 Å². The van der Waals surface area contributed by atoms with Gasteiger partial charge in [-0.3, -0.25) is 4.79 Å². The first-order chi connectivity index (χ1) is 8.69. The van der Waals surface area contributed by atoms with Gasteiger partial charge in [0, 0.05) is 25.2 Å². The van der Waals surface area contributed by atoms with E-state index in [-0.39, 0.29) is 5.91 Å². The highest BCUT2D eigenvalue weighted by molar-refractivity contribution is 5.90. The summed E-state index contributed by atoms with van der Waals surface area (Å²) in [5.41, 5.74) is 7.42. The van der Waals surface area contributed by atoms with Crippen molar-refractivity contribution in [1.29, 1.82) is 0 Å². The summed E-state index contributed by atoms with van der Waals surface area (Å²) in [6.45, 7) is 7.50. The molecule has 0 saturated carbocycles. The van der Waals surface area contributed by atoms with Crippen LogP contribution in [0.25, 0.3) is 0 Å². The number of rotatable bonds is 7. The summed E-state index contributed by atoms with van der Waals surface area (Å²) in [6.07, 6.45) is 0.528. The van der Waals surface area contributed by atoms with Crippen molar-refractivity contribution in [3.63, 3.8) is 0 Å². The molecule has 1 aromatic rings. The lowest BCUT2D eigenvalue weighted by molar-refractivity contribution is -0.116. The molecule has 0 fully saturated rings. The van der Waals surface area contributed by atoms with Gasteiger partial charge in [-0.05, 0) is 30.8 Å². The quantitative estimate of drug-likeness (QED) is 0.775. The highest BCUT2D eigenvalue weighted by Gasteiger charge is 2.05. The molecule has 18 heavy (non-hydrogen) atoms. The maximum absolute atomic E-state index is 11.7. The largest absolute Gasteiger partial charge is 0.326 e. The monoisotopic (exact) mass is 249 g/mol. The van der Waals surface area contributed by atoms with Crippen LogP contribution in [0.15, 0.2) is 24.3 Å². The molecule has 4 heteroatoms. The van der Waals surface area contributed by atoms with Gasteiger partial charge in [0.2, 0.25) is 5.91 Å². The first-order valence-electron chi connectivity index (χ1n) is 6.50. The summed E-state index contributed by atoms with van der Waals surface area (Å²) in [6, 6.07) is 7.63. The number of carbonyl (C=O) groups excluding carboxylic acids is 1. The third-order valence-electron chi connectivity index (χ3n) is 3.02. The molecule has 0 spiro atoms. The Kier molecular flexibility index (Phi) is 6.39. The van der Waals surface area contributed by atoms with Gasteiger partial charge in [-0.2, -0.15) is 0 Å². The maximum atomic E-state index is 11.7. The normalized spacial score (nSPS) is 10.7. The van der Waals surface area contributed by atoms with Crippen molar-refractivity contribution in [3.8, 4) is 0 Å². The number of nitrogens with two attached hydrogens (primary N) is 1. The number of hydrogen-bond acceptors (Lipinski definition) is 3. The minimum atomic E-state index is 0.0578. The van der Waals surface area contributed by atoms with Crippen LogP contribution in [-0.4, -0.2) is 30.4 Å². The second-order valence-electron chi connectivity index (χ2n) is 4.23. The van der Waals surface area contributed by atoms with Gasteiger partial charge < -0.3 is 16.0 Å². The zero-order valence-electron chi connectivity index (χ0n) is 11.3. The molecule has 0 bridgehead atoms. The van der Waals surface area contributed by atoms with Crippen LogP contribution >= 0.6 is 0 Å². The number of amides is 1. The number of nitrogens with zero attached hydrogens (tertiary/aromatic N) is 1. The molecule has 0 aliphatic heterocycles. The summed E-state index contributed by atoms with van der Waals surface area (Å²) in [7, 11) is 0. The van der Waals surface area contributed by atoms with E-state index in [9.17, 15) is 4.79 Å². The molecule has 0 aliphatic carbocycles. The van der Waals surface area contributed by atoms with Crippen molar-refractivity contribution >= 4 is 11.6 Å². The Hall–Kier alpha value is -1.39. The average molecular weight is 249 g/mol. The van der Waals surface area contributed by atoms with E-state index in [4.69, 9.17) is 5.73 Å².